The van der Waals surface area contributed by atoms with Crippen LogP contribution in [0.2, 0.25) is 0 Å². The smallest absolute Gasteiger partial charge is 0.236 e. The summed E-state index contributed by atoms with van der Waals surface area (Å²) in [6.07, 6.45) is 7.07. The molecule has 0 bridgehead atoms. The van der Waals surface area contributed by atoms with E-state index in [4.69, 9.17) is 9.84 Å². The van der Waals surface area contributed by atoms with Crippen LogP contribution < -0.4 is 4.72 Å². The molecule has 0 radical (unpaired) electrons. The highest BCUT2D eigenvalue weighted by molar-refractivity contribution is 7.92. The molecule has 9 nitrogen and oxygen atoms in total. The van der Waals surface area contributed by atoms with Crippen molar-refractivity contribution < 1.29 is 18.3 Å². The number of aryl methyl sites for hydroxylation is 1. The standard InChI is InChI=1S/C29H31N5O4S/c1-3-39(36,37)32-25-15-21(24-18-33(2)28-22(24)9-12-30-29(28)35)16-26-23(25)17-31-34(26)27(19-7-5-4-6-8-19)20-10-13-38-14-11-20/h4-9,12,15-18,20,27,32H,3,10-11,13-14H2,1-2H3,(H,30,35)/t27-/m0/s1. The van der Waals surface area contributed by atoms with E-state index in [0.717, 1.165) is 45.8 Å². The highest BCUT2D eigenvalue weighted by Gasteiger charge is 2.29. The van der Waals surface area contributed by atoms with Gasteiger partial charge < -0.3 is 14.4 Å². The fourth-order valence-electron chi connectivity index (χ4n) is 5.71. The second kappa shape index (κ2) is 10.0. The lowest BCUT2D eigenvalue weighted by atomic mass is 9.87. The topological polar surface area (TPSA) is 111 Å². The summed E-state index contributed by atoms with van der Waals surface area (Å²) in [4.78, 5) is 4.04. The number of rotatable bonds is 7. The summed E-state index contributed by atoms with van der Waals surface area (Å²) in [6.45, 7) is 3.02. The number of hydrogen-bond donors (Lipinski definition) is 2. The summed E-state index contributed by atoms with van der Waals surface area (Å²) in [5, 5.41) is 16.8. The van der Waals surface area contributed by atoms with Gasteiger partial charge in [0.25, 0.3) is 0 Å². The van der Waals surface area contributed by atoms with Crippen molar-refractivity contribution in [3.63, 3.8) is 0 Å². The van der Waals surface area contributed by atoms with E-state index in [0.29, 0.717) is 30.3 Å². The molecule has 39 heavy (non-hydrogen) atoms. The fraction of sp³-hybridized carbons (Fsp3) is 0.310. The van der Waals surface area contributed by atoms with E-state index >= 15 is 0 Å². The first-order valence-corrected chi connectivity index (χ1v) is 14.8. The Labute approximate surface area is 227 Å². The molecule has 1 aliphatic rings. The molecule has 3 aromatic heterocycles. The van der Waals surface area contributed by atoms with E-state index in [2.05, 4.69) is 27.9 Å². The molecule has 6 rings (SSSR count). The molecule has 0 amide bonds. The minimum absolute atomic E-state index is 0.0424. The Bertz CT molecular complexity index is 1760. The highest BCUT2D eigenvalue weighted by Crippen LogP contribution is 2.41. The number of hydrogen-bond acceptors (Lipinski definition) is 6. The highest BCUT2D eigenvalue weighted by atomic mass is 32.2. The summed E-state index contributed by atoms with van der Waals surface area (Å²) in [5.41, 5.74) is 4.74. The molecule has 2 N–H and O–H groups in total. The predicted molar refractivity (Wildman–Crippen MR) is 152 cm³/mol. The van der Waals surface area contributed by atoms with Crippen LogP contribution in [0, 0.1) is 5.92 Å². The van der Waals surface area contributed by atoms with Crippen molar-refractivity contribution in [2.75, 3.05) is 23.7 Å². The van der Waals surface area contributed by atoms with Gasteiger partial charge >= 0.3 is 0 Å². The third kappa shape index (κ3) is 4.63. The maximum Gasteiger partial charge on any atom is 0.236 e. The van der Waals surface area contributed by atoms with Gasteiger partial charge in [0.2, 0.25) is 15.9 Å². The number of sulfonamides is 1. The molecule has 10 heteroatoms. The first-order chi connectivity index (χ1) is 18.9. The molecule has 1 atom stereocenters. The van der Waals surface area contributed by atoms with Gasteiger partial charge in [-0.25, -0.2) is 13.4 Å². The van der Waals surface area contributed by atoms with Crippen LogP contribution in [0.15, 0.2) is 67.1 Å². The van der Waals surface area contributed by atoms with E-state index in [9.17, 15) is 13.5 Å². The second-order valence-corrected chi connectivity index (χ2v) is 12.1. The van der Waals surface area contributed by atoms with Crippen LogP contribution in [-0.2, 0) is 21.8 Å². The monoisotopic (exact) mass is 545 g/mol. The summed E-state index contributed by atoms with van der Waals surface area (Å²) in [6, 6.07) is 16.1. The minimum atomic E-state index is -3.55. The predicted octanol–water partition coefficient (Wildman–Crippen LogP) is 5.07. The quantitative estimate of drug-likeness (QED) is 0.295. The number of nitrogens with zero attached hydrogens (tertiary/aromatic N) is 4. The zero-order chi connectivity index (χ0) is 27.1. The summed E-state index contributed by atoms with van der Waals surface area (Å²) >= 11 is 0. The van der Waals surface area contributed by atoms with Crippen LogP contribution in [0.5, 0.6) is 5.88 Å². The van der Waals surface area contributed by atoms with Crippen LogP contribution in [0.25, 0.3) is 32.9 Å². The van der Waals surface area contributed by atoms with Crippen LogP contribution in [0.4, 0.5) is 5.69 Å². The molecular weight excluding hydrogens is 514 g/mol. The van der Waals surface area contributed by atoms with Crippen molar-refractivity contribution in [2.45, 2.75) is 25.8 Å². The summed E-state index contributed by atoms with van der Waals surface area (Å²) < 4.78 is 37.8. The molecule has 5 aromatic rings. The zero-order valence-corrected chi connectivity index (χ0v) is 22.7. The third-order valence-electron chi connectivity index (χ3n) is 7.66. The lowest BCUT2D eigenvalue weighted by Crippen LogP contribution is -2.27. The lowest BCUT2D eigenvalue weighted by molar-refractivity contribution is 0.0533. The van der Waals surface area contributed by atoms with Crippen molar-refractivity contribution in [1.82, 2.24) is 19.3 Å². The van der Waals surface area contributed by atoms with Crippen LogP contribution in [-0.4, -0.2) is 51.8 Å². The number of anilines is 1. The van der Waals surface area contributed by atoms with Crippen LogP contribution >= 0.6 is 0 Å². The van der Waals surface area contributed by atoms with E-state index in [-0.39, 0.29) is 17.7 Å². The van der Waals surface area contributed by atoms with Gasteiger partial charge in [-0.2, -0.15) is 5.10 Å². The van der Waals surface area contributed by atoms with Gasteiger partial charge in [-0.15, -0.1) is 0 Å². The SMILES string of the molecule is CCS(=O)(=O)Nc1cc(-c2cn(C)c3c(O)nccc23)cc2c1cnn2[C@@H](c1ccccc1)C1CCOCC1. The number of nitrogens with one attached hydrogen (secondary N) is 1. The van der Waals surface area contributed by atoms with Crippen molar-refractivity contribution >= 4 is 37.5 Å². The number of benzene rings is 2. The van der Waals surface area contributed by atoms with Crippen LogP contribution in [0.1, 0.15) is 31.4 Å². The molecule has 202 valence electrons. The normalized spacial score (nSPS) is 15.6. The first-order valence-electron chi connectivity index (χ1n) is 13.1. The van der Waals surface area contributed by atoms with Gasteiger partial charge in [-0.05, 0) is 55.0 Å². The Morgan fingerprint density at radius 2 is 1.90 bits per heavy atom. The second-order valence-electron chi connectivity index (χ2n) is 10.0. The number of aromatic nitrogens is 4. The summed E-state index contributed by atoms with van der Waals surface area (Å²) in [5.74, 6) is 0.210. The number of aromatic hydroxyl groups is 1. The molecule has 4 heterocycles. The molecule has 1 saturated heterocycles. The lowest BCUT2D eigenvalue weighted by Gasteiger charge is -2.31. The number of fused-ring (bicyclic) bond motifs is 2. The van der Waals surface area contributed by atoms with Gasteiger partial charge in [0, 0.05) is 49.0 Å². The van der Waals surface area contributed by atoms with Crippen molar-refractivity contribution in [3.05, 3.63) is 72.7 Å². The Hall–Kier alpha value is -3.89. The third-order valence-corrected chi connectivity index (χ3v) is 8.95. The molecule has 0 spiro atoms. The van der Waals surface area contributed by atoms with Gasteiger partial charge in [0.15, 0.2) is 0 Å². The Morgan fingerprint density at radius 3 is 2.64 bits per heavy atom. The maximum absolute atomic E-state index is 12.7. The Kier molecular flexibility index (Phi) is 6.52. The van der Waals surface area contributed by atoms with Crippen LogP contribution in [0.3, 0.4) is 0 Å². The molecule has 2 aromatic carbocycles. The van der Waals surface area contributed by atoms with Crippen molar-refractivity contribution in [3.8, 4) is 17.0 Å². The minimum Gasteiger partial charge on any atom is -0.492 e. The van der Waals surface area contributed by atoms with Gasteiger partial charge in [-0.1, -0.05) is 30.3 Å². The molecule has 0 unspecified atom stereocenters. The maximum atomic E-state index is 12.7. The molecular formula is C29H31N5O4S. The molecule has 1 aliphatic heterocycles. The molecule has 0 aliphatic carbocycles. The van der Waals surface area contributed by atoms with E-state index in [1.165, 1.54) is 0 Å². The van der Waals surface area contributed by atoms with Gasteiger partial charge in [-0.3, -0.25) is 9.40 Å². The molecule has 0 saturated carbocycles. The largest absolute Gasteiger partial charge is 0.492 e. The Balaban J connectivity index is 1.61. The van der Waals surface area contributed by atoms with Gasteiger partial charge in [0.1, 0.15) is 5.52 Å². The first kappa shape index (κ1) is 25.4. The average molecular weight is 546 g/mol. The number of pyridine rings is 1. The summed E-state index contributed by atoms with van der Waals surface area (Å²) in [7, 11) is -1.69. The zero-order valence-electron chi connectivity index (χ0n) is 21.9. The van der Waals surface area contributed by atoms with Crippen molar-refractivity contribution in [2.24, 2.45) is 13.0 Å². The molecule has 1 fully saturated rings. The Morgan fingerprint density at radius 1 is 1.13 bits per heavy atom. The fourth-order valence-corrected chi connectivity index (χ4v) is 6.36. The average Bonchev–Trinajstić information content (AvgIpc) is 3.52. The van der Waals surface area contributed by atoms with E-state index in [1.807, 2.05) is 52.8 Å². The van der Waals surface area contributed by atoms with E-state index < -0.39 is 10.0 Å². The number of ether oxygens (including phenoxy) is 1. The van der Waals surface area contributed by atoms with E-state index in [1.54, 1.807) is 19.3 Å². The van der Waals surface area contributed by atoms with Gasteiger partial charge in [0.05, 0.1) is 29.2 Å². The van der Waals surface area contributed by atoms with Crippen molar-refractivity contribution in [1.29, 1.82) is 0 Å².